The van der Waals surface area contributed by atoms with Gasteiger partial charge in [0.15, 0.2) is 0 Å². The van der Waals surface area contributed by atoms with Crippen molar-refractivity contribution < 1.29 is 9.90 Å². The highest BCUT2D eigenvalue weighted by molar-refractivity contribution is 7.09. The highest BCUT2D eigenvalue weighted by Crippen LogP contribution is 2.21. The van der Waals surface area contributed by atoms with E-state index in [2.05, 4.69) is 11.4 Å². The van der Waals surface area contributed by atoms with Crippen molar-refractivity contribution in [2.45, 2.75) is 13.0 Å². The number of hydrogen-bond acceptors (Lipinski definition) is 2. The fourth-order valence-corrected chi connectivity index (χ4v) is 3.00. The van der Waals surface area contributed by atoms with E-state index in [1.807, 2.05) is 29.0 Å². The normalized spacial score (nSPS) is 10.9. The van der Waals surface area contributed by atoms with Crippen LogP contribution in [0, 0.1) is 0 Å². The molecule has 19 heavy (non-hydrogen) atoms. The fourth-order valence-electron chi connectivity index (χ4n) is 2.31. The Bertz CT molecular complexity index is 713. The maximum Gasteiger partial charge on any atom is 0.337 e. The van der Waals surface area contributed by atoms with Crippen LogP contribution in [0.25, 0.3) is 10.9 Å². The molecular formula is C15H13NO2S. The first kappa shape index (κ1) is 12.0. The molecule has 0 aliphatic heterocycles. The maximum atomic E-state index is 11.3. The van der Waals surface area contributed by atoms with E-state index in [1.54, 1.807) is 23.5 Å². The van der Waals surface area contributed by atoms with Gasteiger partial charge in [-0.05, 0) is 30.0 Å². The number of carboxylic acids is 1. The van der Waals surface area contributed by atoms with Gasteiger partial charge in [0, 0.05) is 23.0 Å². The molecule has 0 aliphatic rings. The molecule has 4 heteroatoms. The molecule has 2 aromatic heterocycles. The Morgan fingerprint density at radius 2 is 2.11 bits per heavy atom. The third kappa shape index (κ3) is 2.27. The number of aromatic nitrogens is 1. The second-order valence-electron chi connectivity index (χ2n) is 4.39. The number of aromatic carboxylic acids is 1. The predicted octanol–water partition coefficient (Wildman–Crippen LogP) is 3.64. The van der Waals surface area contributed by atoms with Gasteiger partial charge in [0.25, 0.3) is 0 Å². The summed E-state index contributed by atoms with van der Waals surface area (Å²) in [6.07, 6.45) is 2.89. The second kappa shape index (κ2) is 4.90. The summed E-state index contributed by atoms with van der Waals surface area (Å²) in [6.45, 7) is 0.800. The monoisotopic (exact) mass is 271 g/mol. The average molecular weight is 271 g/mol. The third-order valence-corrected chi connectivity index (χ3v) is 4.13. The smallest absolute Gasteiger partial charge is 0.337 e. The molecule has 0 radical (unpaired) electrons. The van der Waals surface area contributed by atoms with E-state index >= 15 is 0 Å². The topological polar surface area (TPSA) is 42.2 Å². The summed E-state index contributed by atoms with van der Waals surface area (Å²) >= 11 is 1.73. The lowest BCUT2D eigenvalue weighted by molar-refractivity contribution is 0.0698. The molecule has 0 amide bonds. The Labute approximate surface area is 114 Å². The quantitative estimate of drug-likeness (QED) is 0.787. The van der Waals surface area contributed by atoms with E-state index < -0.39 is 5.97 Å². The molecule has 0 unspecified atom stereocenters. The van der Waals surface area contributed by atoms with E-state index in [9.17, 15) is 9.90 Å². The molecule has 0 aliphatic carbocycles. The van der Waals surface area contributed by atoms with Gasteiger partial charge in [0.1, 0.15) is 0 Å². The summed E-state index contributed by atoms with van der Waals surface area (Å²) in [5.74, 6) is -0.873. The van der Waals surface area contributed by atoms with Crippen molar-refractivity contribution in [2.24, 2.45) is 0 Å². The van der Waals surface area contributed by atoms with E-state index in [0.29, 0.717) is 5.56 Å². The number of para-hydroxylation sites is 1. The summed E-state index contributed by atoms with van der Waals surface area (Å²) in [7, 11) is 0. The molecule has 0 saturated heterocycles. The van der Waals surface area contributed by atoms with Crippen molar-refractivity contribution in [3.05, 3.63) is 58.4 Å². The number of carbonyl (C=O) groups is 1. The van der Waals surface area contributed by atoms with Crippen LogP contribution in [-0.4, -0.2) is 15.6 Å². The highest BCUT2D eigenvalue weighted by Gasteiger charge is 2.11. The lowest BCUT2D eigenvalue weighted by Gasteiger charge is -2.06. The van der Waals surface area contributed by atoms with Crippen LogP contribution in [0.3, 0.4) is 0 Å². The van der Waals surface area contributed by atoms with Crippen LogP contribution in [-0.2, 0) is 13.0 Å². The molecule has 0 bridgehead atoms. The number of carboxylic acid groups (broad SMARTS) is 1. The van der Waals surface area contributed by atoms with Gasteiger partial charge in [-0.3, -0.25) is 0 Å². The molecule has 0 saturated carbocycles. The summed E-state index contributed by atoms with van der Waals surface area (Å²) in [6, 6.07) is 11.5. The summed E-state index contributed by atoms with van der Waals surface area (Å²) in [5.41, 5.74) is 1.18. The molecule has 3 rings (SSSR count). The zero-order chi connectivity index (χ0) is 13.2. The number of fused-ring (bicyclic) bond motifs is 1. The number of nitrogens with zero attached hydrogens (tertiary/aromatic N) is 1. The minimum absolute atomic E-state index is 0.369. The summed E-state index contributed by atoms with van der Waals surface area (Å²) in [5, 5.41) is 12.3. The SMILES string of the molecule is O=C(O)c1cccc2ccn(CCc3cccs3)c12. The molecule has 96 valence electrons. The van der Waals surface area contributed by atoms with Crippen molar-refractivity contribution in [1.29, 1.82) is 0 Å². The minimum Gasteiger partial charge on any atom is -0.478 e. The first-order chi connectivity index (χ1) is 9.25. The van der Waals surface area contributed by atoms with Gasteiger partial charge in [0.2, 0.25) is 0 Å². The van der Waals surface area contributed by atoms with Gasteiger partial charge in [-0.25, -0.2) is 4.79 Å². The summed E-state index contributed by atoms with van der Waals surface area (Å²) < 4.78 is 2.03. The third-order valence-electron chi connectivity index (χ3n) is 3.20. The Morgan fingerprint density at radius 1 is 1.21 bits per heavy atom. The first-order valence-electron chi connectivity index (χ1n) is 6.09. The van der Waals surface area contributed by atoms with Crippen molar-refractivity contribution in [2.75, 3.05) is 0 Å². The molecule has 0 atom stereocenters. The lowest BCUT2D eigenvalue weighted by atomic mass is 10.1. The van der Waals surface area contributed by atoms with Crippen LogP contribution in [0.1, 0.15) is 15.2 Å². The van der Waals surface area contributed by atoms with E-state index in [-0.39, 0.29) is 0 Å². The highest BCUT2D eigenvalue weighted by atomic mass is 32.1. The standard InChI is InChI=1S/C15H13NO2S/c17-15(18)13-5-1-3-11-6-8-16(14(11)13)9-7-12-4-2-10-19-12/h1-6,8,10H,7,9H2,(H,17,18). The molecule has 0 fully saturated rings. The van der Waals surface area contributed by atoms with Gasteiger partial charge in [-0.1, -0.05) is 18.2 Å². The number of rotatable bonds is 4. The molecule has 1 N–H and O–H groups in total. The Kier molecular flexibility index (Phi) is 3.09. The number of hydrogen-bond donors (Lipinski definition) is 1. The van der Waals surface area contributed by atoms with Crippen LogP contribution in [0.2, 0.25) is 0 Å². The van der Waals surface area contributed by atoms with Crippen molar-refractivity contribution in [1.82, 2.24) is 4.57 Å². The van der Waals surface area contributed by atoms with E-state index in [0.717, 1.165) is 23.9 Å². The average Bonchev–Trinajstić information content (AvgIpc) is 3.05. The molecule has 3 nitrogen and oxygen atoms in total. The minimum atomic E-state index is -0.873. The van der Waals surface area contributed by atoms with E-state index in [1.165, 1.54) is 4.88 Å². The van der Waals surface area contributed by atoms with Crippen LogP contribution in [0.4, 0.5) is 0 Å². The largest absolute Gasteiger partial charge is 0.478 e. The second-order valence-corrected chi connectivity index (χ2v) is 5.42. The maximum absolute atomic E-state index is 11.3. The van der Waals surface area contributed by atoms with Crippen LogP contribution in [0.5, 0.6) is 0 Å². The van der Waals surface area contributed by atoms with Crippen molar-refractivity contribution in [3.8, 4) is 0 Å². The van der Waals surface area contributed by atoms with Crippen LogP contribution >= 0.6 is 11.3 Å². The molecule has 3 aromatic rings. The van der Waals surface area contributed by atoms with Gasteiger partial charge in [0.05, 0.1) is 11.1 Å². The van der Waals surface area contributed by atoms with E-state index in [4.69, 9.17) is 0 Å². The van der Waals surface area contributed by atoms with Gasteiger partial charge >= 0.3 is 5.97 Å². The zero-order valence-corrected chi connectivity index (χ0v) is 11.1. The Balaban J connectivity index is 1.97. The van der Waals surface area contributed by atoms with Gasteiger partial charge < -0.3 is 9.67 Å². The van der Waals surface area contributed by atoms with Gasteiger partial charge in [-0.15, -0.1) is 11.3 Å². The molecule has 1 aromatic carbocycles. The van der Waals surface area contributed by atoms with Crippen LogP contribution < -0.4 is 0 Å². The Morgan fingerprint density at radius 3 is 2.84 bits per heavy atom. The fraction of sp³-hybridized carbons (Fsp3) is 0.133. The van der Waals surface area contributed by atoms with Crippen molar-refractivity contribution >= 4 is 28.2 Å². The molecule has 0 spiro atoms. The number of benzene rings is 1. The lowest BCUT2D eigenvalue weighted by Crippen LogP contribution is -2.04. The zero-order valence-electron chi connectivity index (χ0n) is 10.2. The number of aryl methyl sites for hydroxylation is 2. The van der Waals surface area contributed by atoms with Gasteiger partial charge in [-0.2, -0.15) is 0 Å². The van der Waals surface area contributed by atoms with Crippen LogP contribution in [0.15, 0.2) is 48.0 Å². The van der Waals surface area contributed by atoms with Crippen molar-refractivity contribution in [3.63, 3.8) is 0 Å². The first-order valence-corrected chi connectivity index (χ1v) is 6.97. The number of thiophene rings is 1. The predicted molar refractivity (Wildman–Crippen MR) is 76.9 cm³/mol. The molecular weight excluding hydrogens is 258 g/mol. The Hall–Kier alpha value is -2.07. The molecule has 2 heterocycles. The summed E-state index contributed by atoms with van der Waals surface area (Å²) in [4.78, 5) is 12.6.